The Labute approximate surface area is 156 Å². The molecule has 0 heterocycles. The molecule has 0 aliphatic heterocycles. The molecule has 0 N–H and O–H groups in total. The lowest BCUT2D eigenvalue weighted by atomic mass is 9.75. The molecule has 2 aromatic rings. The number of benzene rings is 2. The molecular weight excluding hydrogens is 321 g/mol. The number of rotatable bonds is 6. The Morgan fingerprint density at radius 2 is 1.69 bits per heavy atom. The molecule has 1 fully saturated rings. The summed E-state index contributed by atoms with van der Waals surface area (Å²) in [5, 5.41) is 9.00. The number of nitriles is 1. The van der Waals surface area contributed by atoms with Crippen molar-refractivity contribution in [2.45, 2.75) is 44.4 Å². The summed E-state index contributed by atoms with van der Waals surface area (Å²) in [6, 6.07) is 18.8. The summed E-state index contributed by atoms with van der Waals surface area (Å²) in [4.78, 5) is 0. The molecule has 0 atom stereocenters. The van der Waals surface area contributed by atoms with Gasteiger partial charge in [-0.2, -0.15) is 5.26 Å². The molecule has 2 heteroatoms. The first-order chi connectivity index (χ1) is 12.8. The largest absolute Gasteiger partial charge is 0.247 e. The molecule has 2 aromatic carbocycles. The van der Waals surface area contributed by atoms with Gasteiger partial charge in [-0.15, -0.1) is 0 Å². The molecule has 0 bridgehead atoms. The highest BCUT2D eigenvalue weighted by molar-refractivity contribution is 5.68. The molecular formula is C24H26FN. The van der Waals surface area contributed by atoms with E-state index in [0.29, 0.717) is 11.5 Å². The van der Waals surface area contributed by atoms with Gasteiger partial charge in [0, 0.05) is 0 Å². The van der Waals surface area contributed by atoms with Crippen molar-refractivity contribution in [1.82, 2.24) is 0 Å². The highest BCUT2D eigenvalue weighted by atomic mass is 19.1. The van der Waals surface area contributed by atoms with E-state index in [4.69, 9.17) is 5.26 Å². The van der Waals surface area contributed by atoms with Gasteiger partial charge in [-0.3, -0.25) is 0 Å². The fraction of sp³-hybridized carbons (Fsp3) is 0.375. The normalized spacial score (nSPS) is 20.2. The second-order valence-corrected chi connectivity index (χ2v) is 7.20. The Balaban J connectivity index is 1.67. The lowest BCUT2D eigenvalue weighted by Crippen LogP contribution is -2.14. The van der Waals surface area contributed by atoms with Crippen molar-refractivity contribution in [1.29, 1.82) is 5.26 Å². The summed E-state index contributed by atoms with van der Waals surface area (Å²) in [5.41, 5.74) is 4.63. The highest BCUT2D eigenvalue weighted by Crippen LogP contribution is 2.41. The second-order valence-electron chi connectivity index (χ2n) is 7.20. The number of alkyl halides is 1. The van der Waals surface area contributed by atoms with Gasteiger partial charge in [0.15, 0.2) is 0 Å². The van der Waals surface area contributed by atoms with Crippen LogP contribution in [0.4, 0.5) is 4.39 Å². The average Bonchev–Trinajstić information content (AvgIpc) is 2.72. The van der Waals surface area contributed by atoms with E-state index in [1.165, 1.54) is 48.8 Å². The predicted octanol–water partition coefficient (Wildman–Crippen LogP) is 6.80. The van der Waals surface area contributed by atoms with Crippen LogP contribution in [0.15, 0.2) is 60.7 Å². The van der Waals surface area contributed by atoms with Crippen molar-refractivity contribution in [2.75, 3.05) is 6.67 Å². The highest BCUT2D eigenvalue weighted by Gasteiger charge is 2.23. The summed E-state index contributed by atoms with van der Waals surface area (Å²) in [5.74, 6) is 1.39. The van der Waals surface area contributed by atoms with E-state index in [-0.39, 0.29) is 6.67 Å². The molecule has 0 spiro atoms. The van der Waals surface area contributed by atoms with Gasteiger partial charge in [-0.05, 0) is 79.2 Å². The van der Waals surface area contributed by atoms with E-state index in [9.17, 15) is 4.39 Å². The molecule has 0 aromatic heterocycles. The Kier molecular flexibility index (Phi) is 6.61. The van der Waals surface area contributed by atoms with Crippen LogP contribution in [-0.2, 0) is 0 Å². The van der Waals surface area contributed by atoms with E-state index in [1.807, 2.05) is 18.2 Å². The van der Waals surface area contributed by atoms with Crippen LogP contribution in [0.2, 0.25) is 0 Å². The maximum Gasteiger partial charge on any atom is 0.108 e. The molecule has 1 aliphatic carbocycles. The van der Waals surface area contributed by atoms with Crippen LogP contribution in [0.25, 0.3) is 11.1 Å². The van der Waals surface area contributed by atoms with Crippen LogP contribution >= 0.6 is 0 Å². The fourth-order valence-corrected chi connectivity index (χ4v) is 4.12. The van der Waals surface area contributed by atoms with Crippen LogP contribution in [0.5, 0.6) is 0 Å². The molecule has 134 valence electrons. The predicted molar refractivity (Wildman–Crippen MR) is 106 cm³/mol. The summed E-state index contributed by atoms with van der Waals surface area (Å²) < 4.78 is 12.1. The molecule has 0 saturated heterocycles. The second kappa shape index (κ2) is 9.34. The zero-order chi connectivity index (χ0) is 18.2. The number of hydrogen-bond donors (Lipinski definition) is 0. The van der Waals surface area contributed by atoms with E-state index in [2.05, 4.69) is 42.5 Å². The summed E-state index contributed by atoms with van der Waals surface area (Å²) in [6.45, 7) is -0.348. The summed E-state index contributed by atoms with van der Waals surface area (Å²) in [6.07, 6.45) is 10.8. The molecule has 0 amide bonds. The minimum Gasteiger partial charge on any atom is -0.247 e. The number of allylic oxidation sites excluding steroid dienone is 2. The van der Waals surface area contributed by atoms with Gasteiger partial charge >= 0.3 is 0 Å². The van der Waals surface area contributed by atoms with Crippen LogP contribution in [0.3, 0.4) is 0 Å². The quantitative estimate of drug-likeness (QED) is 0.527. The van der Waals surface area contributed by atoms with Gasteiger partial charge in [-0.25, -0.2) is 4.39 Å². The number of nitrogens with zero attached hydrogens (tertiary/aromatic N) is 1. The van der Waals surface area contributed by atoms with Crippen LogP contribution in [-0.4, -0.2) is 6.67 Å². The summed E-state index contributed by atoms with van der Waals surface area (Å²) in [7, 11) is 0. The maximum atomic E-state index is 12.1. The van der Waals surface area contributed by atoms with E-state index < -0.39 is 0 Å². The third-order valence-corrected chi connectivity index (χ3v) is 5.57. The Bertz CT molecular complexity index is 762. The smallest absolute Gasteiger partial charge is 0.108 e. The Morgan fingerprint density at radius 1 is 0.962 bits per heavy atom. The maximum absolute atomic E-state index is 12.1. The van der Waals surface area contributed by atoms with E-state index in [1.54, 1.807) is 6.08 Å². The van der Waals surface area contributed by atoms with Crippen LogP contribution < -0.4 is 0 Å². The van der Waals surface area contributed by atoms with Crippen LogP contribution in [0.1, 0.15) is 55.6 Å². The van der Waals surface area contributed by atoms with Crippen molar-refractivity contribution in [2.24, 2.45) is 5.92 Å². The standard InChI is InChI=1S/C24H26FN/c25-17-5-1-2-6-19-9-13-21(14-10-19)23-7-3-4-8-24(23)22-15-11-20(18-26)12-16-22/h1,3-5,7-8,11-12,15-16,19,21H,2,6,9-10,13-14,17H2. The average molecular weight is 347 g/mol. The van der Waals surface area contributed by atoms with Gasteiger partial charge < -0.3 is 0 Å². The van der Waals surface area contributed by atoms with Gasteiger partial charge in [-0.1, -0.05) is 48.6 Å². The van der Waals surface area contributed by atoms with Crippen molar-refractivity contribution >= 4 is 0 Å². The van der Waals surface area contributed by atoms with Gasteiger partial charge in [0.25, 0.3) is 0 Å². The molecule has 0 unspecified atom stereocenters. The topological polar surface area (TPSA) is 23.8 Å². The first-order valence-electron chi connectivity index (χ1n) is 9.62. The first-order valence-corrected chi connectivity index (χ1v) is 9.62. The zero-order valence-electron chi connectivity index (χ0n) is 15.2. The molecule has 26 heavy (non-hydrogen) atoms. The molecule has 1 saturated carbocycles. The molecule has 0 radical (unpaired) electrons. The molecule has 1 aliphatic rings. The van der Waals surface area contributed by atoms with Crippen molar-refractivity contribution in [3.63, 3.8) is 0 Å². The Hall–Kier alpha value is -2.40. The zero-order valence-corrected chi connectivity index (χ0v) is 15.2. The lowest BCUT2D eigenvalue weighted by molar-refractivity contribution is 0.312. The van der Waals surface area contributed by atoms with Gasteiger partial charge in [0.1, 0.15) is 6.67 Å². The monoisotopic (exact) mass is 347 g/mol. The van der Waals surface area contributed by atoms with Gasteiger partial charge in [0.05, 0.1) is 11.6 Å². The summed E-state index contributed by atoms with van der Waals surface area (Å²) >= 11 is 0. The molecule has 3 rings (SSSR count). The minimum atomic E-state index is -0.348. The van der Waals surface area contributed by atoms with Crippen molar-refractivity contribution in [3.8, 4) is 17.2 Å². The third-order valence-electron chi connectivity index (χ3n) is 5.57. The lowest BCUT2D eigenvalue weighted by Gasteiger charge is -2.30. The number of halogens is 1. The third kappa shape index (κ3) is 4.61. The van der Waals surface area contributed by atoms with E-state index in [0.717, 1.165) is 12.3 Å². The Morgan fingerprint density at radius 3 is 2.38 bits per heavy atom. The van der Waals surface area contributed by atoms with Crippen molar-refractivity contribution < 1.29 is 4.39 Å². The minimum absolute atomic E-state index is 0.348. The number of hydrogen-bond acceptors (Lipinski definition) is 1. The fourth-order valence-electron chi connectivity index (χ4n) is 4.12. The SMILES string of the molecule is N#Cc1ccc(-c2ccccc2C2CCC(CCC=CCF)CC2)cc1. The molecule has 1 nitrogen and oxygen atoms in total. The van der Waals surface area contributed by atoms with Crippen LogP contribution in [0, 0.1) is 17.2 Å². The first kappa shape index (κ1) is 18.4. The van der Waals surface area contributed by atoms with Crippen molar-refractivity contribution in [3.05, 3.63) is 71.8 Å². The van der Waals surface area contributed by atoms with Gasteiger partial charge in [0.2, 0.25) is 0 Å². The van der Waals surface area contributed by atoms with E-state index >= 15 is 0 Å².